The number of benzene rings is 1. The molecule has 11 nitrogen and oxygen atoms in total. The zero-order valence-electron chi connectivity index (χ0n) is 22.1. The topological polar surface area (TPSA) is 123 Å². The van der Waals surface area contributed by atoms with E-state index < -0.39 is 17.9 Å². The highest BCUT2D eigenvalue weighted by Gasteiger charge is 2.40. The molecule has 0 spiro atoms. The number of hydrogen-bond donors (Lipinski definition) is 3. The first kappa shape index (κ1) is 26.6. The minimum absolute atomic E-state index is 0.0582. The molecule has 1 aromatic carbocycles. The zero-order chi connectivity index (χ0) is 28.0. The zero-order valence-corrected chi connectivity index (χ0v) is 22.1. The number of anilines is 2. The molecule has 0 amide bonds. The number of fused-ring (bicyclic) bond motifs is 3. The third-order valence-corrected chi connectivity index (χ3v) is 7.44. The summed E-state index contributed by atoms with van der Waals surface area (Å²) in [5, 5.41) is 16.8. The number of aromatic nitrogens is 3. The first-order chi connectivity index (χ1) is 19.4. The van der Waals surface area contributed by atoms with Gasteiger partial charge in [-0.1, -0.05) is 6.58 Å². The lowest BCUT2D eigenvalue weighted by molar-refractivity contribution is -0.133. The van der Waals surface area contributed by atoms with E-state index in [1.165, 1.54) is 20.3 Å². The van der Waals surface area contributed by atoms with Gasteiger partial charge in [-0.2, -0.15) is 0 Å². The van der Waals surface area contributed by atoms with Crippen LogP contribution in [0, 0.1) is 11.6 Å². The van der Waals surface area contributed by atoms with E-state index in [-0.39, 0.29) is 47.0 Å². The van der Waals surface area contributed by atoms with Gasteiger partial charge in [0.25, 0.3) is 0 Å². The molecule has 7 rings (SSSR count). The average molecular weight is 557 g/mol. The largest absolute Gasteiger partial charge is 0.494 e. The second kappa shape index (κ2) is 10.7. The summed E-state index contributed by atoms with van der Waals surface area (Å²) >= 11 is 0. The molecule has 3 unspecified atom stereocenters. The molecule has 40 heavy (non-hydrogen) atoms. The molecule has 5 atom stereocenters. The quantitative estimate of drug-likeness (QED) is 0.266. The number of piperidine rings is 1. The van der Waals surface area contributed by atoms with Gasteiger partial charge in [0.2, 0.25) is 5.95 Å². The molecule has 2 aromatic heterocycles. The summed E-state index contributed by atoms with van der Waals surface area (Å²) < 4.78 is 52.5. The van der Waals surface area contributed by atoms with E-state index in [1.54, 1.807) is 12.3 Å². The number of methoxy groups -OCH3 is 2. The molecule has 0 aliphatic carbocycles. The third kappa shape index (κ3) is 4.79. The lowest BCUT2D eigenvalue weighted by Crippen LogP contribution is -2.57. The van der Waals surface area contributed by atoms with Crippen LogP contribution in [0.3, 0.4) is 0 Å². The molecular formula is C27H30F2N6O5. The summed E-state index contributed by atoms with van der Waals surface area (Å²) in [5.41, 5.74) is 0.219. The molecule has 3 aromatic rings. The van der Waals surface area contributed by atoms with Crippen LogP contribution in [0.1, 0.15) is 6.42 Å². The fraction of sp³-hybridized carbons (Fsp3) is 0.444. The smallest absolute Gasteiger partial charge is 0.223 e. The Kier molecular flexibility index (Phi) is 7.13. The molecule has 2 bridgehead atoms. The number of morpholine rings is 1. The summed E-state index contributed by atoms with van der Waals surface area (Å²) in [7, 11) is 2.60. The predicted molar refractivity (Wildman–Crippen MR) is 143 cm³/mol. The van der Waals surface area contributed by atoms with Crippen molar-refractivity contribution in [3.8, 4) is 22.8 Å². The highest BCUT2D eigenvalue weighted by molar-refractivity contribution is 5.92. The average Bonchev–Trinajstić information content (AvgIpc) is 3.38. The van der Waals surface area contributed by atoms with Gasteiger partial charge in [-0.3, -0.25) is 5.32 Å². The van der Waals surface area contributed by atoms with Gasteiger partial charge >= 0.3 is 0 Å². The Morgan fingerprint density at radius 1 is 1.10 bits per heavy atom. The van der Waals surface area contributed by atoms with Crippen molar-refractivity contribution in [2.24, 2.45) is 0 Å². The van der Waals surface area contributed by atoms with Crippen molar-refractivity contribution >= 4 is 22.7 Å². The van der Waals surface area contributed by atoms with Gasteiger partial charge in [0.05, 0.1) is 63.0 Å². The SMILES string of the molecule is C=CC(O)N[C@H]1COC[C@H]1Nc1ncc2cc(-c3c(F)c(OC)cc(OC)c3F)nc(N3CC4CC(C3)O4)c2n1. The van der Waals surface area contributed by atoms with E-state index in [2.05, 4.69) is 22.2 Å². The van der Waals surface area contributed by atoms with Crippen LogP contribution in [0.25, 0.3) is 22.2 Å². The predicted octanol–water partition coefficient (Wildman–Crippen LogP) is 2.24. The van der Waals surface area contributed by atoms with Crippen LogP contribution in [0.15, 0.2) is 31.0 Å². The molecule has 4 aliphatic heterocycles. The van der Waals surface area contributed by atoms with E-state index >= 15 is 8.78 Å². The normalized spacial score (nSPS) is 24.5. The van der Waals surface area contributed by atoms with Crippen LogP contribution in [0.4, 0.5) is 20.5 Å². The number of pyridine rings is 1. The maximum atomic E-state index is 15.4. The minimum atomic E-state index is -0.885. The molecule has 13 heteroatoms. The Balaban J connectivity index is 1.42. The monoisotopic (exact) mass is 556 g/mol. The summed E-state index contributed by atoms with van der Waals surface area (Å²) in [5.74, 6) is -1.30. The van der Waals surface area contributed by atoms with Crippen LogP contribution in [0.5, 0.6) is 11.5 Å². The van der Waals surface area contributed by atoms with E-state index in [0.29, 0.717) is 49.0 Å². The van der Waals surface area contributed by atoms with Gasteiger partial charge in [0.15, 0.2) is 29.0 Å². The maximum absolute atomic E-state index is 15.4. The fourth-order valence-electron chi connectivity index (χ4n) is 5.39. The second-order valence-electron chi connectivity index (χ2n) is 10.0. The van der Waals surface area contributed by atoms with Crippen molar-refractivity contribution in [2.75, 3.05) is 50.7 Å². The van der Waals surface area contributed by atoms with E-state index in [4.69, 9.17) is 28.9 Å². The summed E-state index contributed by atoms with van der Waals surface area (Å²) in [6.45, 7) is 5.51. The Labute approximate surface area is 229 Å². The van der Waals surface area contributed by atoms with Crippen LogP contribution in [-0.4, -0.2) is 91.1 Å². The molecule has 4 saturated heterocycles. The molecule has 3 N–H and O–H groups in total. The van der Waals surface area contributed by atoms with Crippen molar-refractivity contribution in [1.82, 2.24) is 20.3 Å². The van der Waals surface area contributed by atoms with Crippen LogP contribution in [-0.2, 0) is 9.47 Å². The molecule has 6 heterocycles. The van der Waals surface area contributed by atoms with Gasteiger partial charge in [-0.25, -0.2) is 23.7 Å². The molecular weight excluding hydrogens is 526 g/mol. The number of nitrogens with one attached hydrogen (secondary N) is 2. The molecule has 4 aliphatic rings. The number of hydrogen-bond acceptors (Lipinski definition) is 11. The van der Waals surface area contributed by atoms with Crippen molar-refractivity contribution in [3.63, 3.8) is 0 Å². The van der Waals surface area contributed by atoms with Crippen molar-refractivity contribution in [1.29, 1.82) is 0 Å². The maximum Gasteiger partial charge on any atom is 0.223 e. The van der Waals surface area contributed by atoms with E-state index in [9.17, 15) is 5.11 Å². The van der Waals surface area contributed by atoms with Crippen molar-refractivity contribution in [2.45, 2.75) is 36.9 Å². The number of ether oxygens (including phenoxy) is 4. The summed E-state index contributed by atoms with van der Waals surface area (Å²) in [6.07, 6.45) is 3.18. The number of aliphatic hydroxyl groups excluding tert-OH is 1. The van der Waals surface area contributed by atoms with Crippen LogP contribution < -0.4 is 25.0 Å². The molecule has 4 fully saturated rings. The molecule has 0 saturated carbocycles. The number of halogens is 2. The van der Waals surface area contributed by atoms with Crippen LogP contribution >= 0.6 is 0 Å². The highest BCUT2D eigenvalue weighted by Crippen LogP contribution is 2.40. The van der Waals surface area contributed by atoms with Crippen molar-refractivity contribution < 1.29 is 32.8 Å². The number of nitrogens with zero attached hydrogens (tertiary/aromatic N) is 4. The first-order valence-corrected chi connectivity index (χ1v) is 13.0. The Morgan fingerprint density at radius 3 is 2.42 bits per heavy atom. The Morgan fingerprint density at radius 2 is 1.77 bits per heavy atom. The van der Waals surface area contributed by atoms with Gasteiger partial charge in [0.1, 0.15) is 11.7 Å². The van der Waals surface area contributed by atoms with E-state index in [1.807, 2.05) is 4.90 Å². The van der Waals surface area contributed by atoms with Gasteiger partial charge in [-0.15, -0.1) is 0 Å². The third-order valence-electron chi connectivity index (χ3n) is 7.44. The Bertz CT molecular complexity index is 1400. The number of aliphatic hydroxyl groups is 1. The Hall–Kier alpha value is -3.65. The minimum Gasteiger partial charge on any atom is -0.494 e. The summed E-state index contributed by atoms with van der Waals surface area (Å²) in [6, 6.07) is 2.29. The van der Waals surface area contributed by atoms with Crippen LogP contribution in [0.2, 0.25) is 0 Å². The summed E-state index contributed by atoms with van der Waals surface area (Å²) in [4.78, 5) is 16.0. The lowest BCUT2D eigenvalue weighted by Gasteiger charge is -2.47. The second-order valence-corrected chi connectivity index (χ2v) is 10.0. The molecule has 0 radical (unpaired) electrons. The number of rotatable bonds is 9. The van der Waals surface area contributed by atoms with Gasteiger partial charge in [0, 0.05) is 37.2 Å². The standard InChI is InChI=1S/C27H30F2N6O5/c1-4-21(36)31-17-11-39-12-18(17)33-27-30-8-13-5-16(22-23(28)19(37-2)7-20(38-3)24(22)29)32-26(25(13)34-27)35-9-14-6-15(10-35)40-14/h4-5,7-8,14-15,17-18,21,31,36H,1,6,9-12H2,2-3H3,(H,30,33,34)/t14?,15?,17-,18+,21?/m0/s1. The lowest BCUT2D eigenvalue weighted by atomic mass is 9.98. The van der Waals surface area contributed by atoms with E-state index in [0.717, 1.165) is 12.5 Å². The highest BCUT2D eigenvalue weighted by atomic mass is 19.1. The molecule has 212 valence electrons. The first-order valence-electron chi connectivity index (χ1n) is 13.0. The van der Waals surface area contributed by atoms with Gasteiger partial charge in [-0.05, 0) is 12.1 Å². The van der Waals surface area contributed by atoms with Crippen molar-refractivity contribution in [3.05, 3.63) is 42.6 Å². The van der Waals surface area contributed by atoms with Gasteiger partial charge < -0.3 is 34.3 Å². The fourth-order valence-corrected chi connectivity index (χ4v) is 5.39.